The van der Waals surface area contributed by atoms with Crippen molar-refractivity contribution in [2.75, 3.05) is 18.5 Å². The SMILES string of the molecule is CN(CC(C)(C)O)c1ccnc(Cl)c1. The highest BCUT2D eigenvalue weighted by Crippen LogP contribution is 2.17. The molecule has 0 amide bonds. The van der Waals surface area contributed by atoms with E-state index in [1.54, 1.807) is 26.1 Å². The van der Waals surface area contributed by atoms with Gasteiger partial charge in [0.05, 0.1) is 5.60 Å². The number of hydrogen-bond donors (Lipinski definition) is 1. The van der Waals surface area contributed by atoms with Crippen molar-refractivity contribution in [2.45, 2.75) is 19.4 Å². The van der Waals surface area contributed by atoms with E-state index < -0.39 is 5.60 Å². The molecule has 0 aliphatic heterocycles. The minimum atomic E-state index is -0.718. The third kappa shape index (κ3) is 3.52. The van der Waals surface area contributed by atoms with E-state index in [2.05, 4.69) is 4.98 Å². The molecule has 0 atom stereocenters. The first-order chi connectivity index (χ1) is 6.38. The van der Waals surface area contributed by atoms with Crippen LogP contribution in [-0.4, -0.2) is 29.3 Å². The molecule has 0 saturated carbocycles. The summed E-state index contributed by atoms with van der Waals surface area (Å²) in [4.78, 5) is 5.83. The number of hydrogen-bond acceptors (Lipinski definition) is 3. The maximum Gasteiger partial charge on any atom is 0.131 e. The zero-order valence-corrected chi connectivity index (χ0v) is 9.41. The van der Waals surface area contributed by atoms with Crippen molar-refractivity contribution in [3.8, 4) is 0 Å². The standard InChI is InChI=1S/C10H15ClN2O/c1-10(2,14)7-13(3)8-4-5-12-9(11)6-8/h4-6,14H,7H2,1-3H3. The van der Waals surface area contributed by atoms with Crippen molar-refractivity contribution < 1.29 is 5.11 Å². The highest BCUT2D eigenvalue weighted by atomic mass is 35.5. The first kappa shape index (κ1) is 11.3. The predicted octanol–water partition coefficient (Wildman–Crippen LogP) is 1.94. The Kier molecular flexibility index (Phi) is 3.34. The van der Waals surface area contributed by atoms with Gasteiger partial charge < -0.3 is 10.0 Å². The van der Waals surface area contributed by atoms with Gasteiger partial charge in [-0.15, -0.1) is 0 Å². The Morgan fingerprint density at radius 3 is 2.71 bits per heavy atom. The fourth-order valence-electron chi connectivity index (χ4n) is 1.30. The van der Waals surface area contributed by atoms with Gasteiger partial charge in [0.15, 0.2) is 0 Å². The second-order valence-corrected chi connectivity index (χ2v) is 4.39. The Balaban J connectivity index is 2.74. The van der Waals surface area contributed by atoms with Crippen molar-refractivity contribution in [1.82, 2.24) is 4.98 Å². The molecule has 3 nitrogen and oxygen atoms in total. The molecule has 0 aliphatic rings. The summed E-state index contributed by atoms with van der Waals surface area (Å²) in [6.07, 6.45) is 1.65. The molecule has 0 unspecified atom stereocenters. The number of rotatable bonds is 3. The molecular weight excluding hydrogens is 200 g/mol. The topological polar surface area (TPSA) is 36.4 Å². The van der Waals surface area contributed by atoms with Gasteiger partial charge in [-0.3, -0.25) is 0 Å². The average molecular weight is 215 g/mol. The van der Waals surface area contributed by atoms with Crippen molar-refractivity contribution in [1.29, 1.82) is 0 Å². The lowest BCUT2D eigenvalue weighted by Gasteiger charge is -2.27. The van der Waals surface area contributed by atoms with Crippen molar-refractivity contribution in [3.63, 3.8) is 0 Å². The number of aliphatic hydroxyl groups is 1. The summed E-state index contributed by atoms with van der Waals surface area (Å²) in [5.41, 5.74) is 0.233. The molecule has 0 spiro atoms. The molecule has 0 radical (unpaired) electrons. The second kappa shape index (κ2) is 4.15. The molecule has 0 saturated heterocycles. The van der Waals surface area contributed by atoms with Gasteiger partial charge in [0.25, 0.3) is 0 Å². The zero-order chi connectivity index (χ0) is 10.8. The molecule has 0 aliphatic carbocycles. The van der Waals surface area contributed by atoms with Gasteiger partial charge in [0, 0.05) is 25.5 Å². The van der Waals surface area contributed by atoms with Crippen molar-refractivity contribution in [2.24, 2.45) is 0 Å². The Morgan fingerprint density at radius 2 is 2.21 bits per heavy atom. The molecular formula is C10H15ClN2O. The summed E-state index contributed by atoms with van der Waals surface area (Å²) in [6, 6.07) is 3.63. The number of aromatic nitrogens is 1. The van der Waals surface area contributed by atoms with Crippen LogP contribution in [0.5, 0.6) is 0 Å². The lowest BCUT2D eigenvalue weighted by Crippen LogP contribution is -2.36. The van der Waals surface area contributed by atoms with Crippen LogP contribution in [-0.2, 0) is 0 Å². The Morgan fingerprint density at radius 1 is 1.57 bits per heavy atom. The molecule has 0 bridgehead atoms. The van der Waals surface area contributed by atoms with E-state index in [0.717, 1.165) is 5.69 Å². The smallest absolute Gasteiger partial charge is 0.131 e. The Hall–Kier alpha value is -0.800. The van der Waals surface area contributed by atoms with Gasteiger partial charge in [-0.2, -0.15) is 0 Å². The van der Waals surface area contributed by atoms with Crippen LogP contribution in [0.2, 0.25) is 5.15 Å². The van der Waals surface area contributed by atoms with Gasteiger partial charge in [0.1, 0.15) is 5.15 Å². The van der Waals surface area contributed by atoms with Crippen LogP contribution in [0.25, 0.3) is 0 Å². The highest BCUT2D eigenvalue weighted by Gasteiger charge is 2.15. The van der Waals surface area contributed by atoms with Crippen LogP contribution in [0.3, 0.4) is 0 Å². The third-order valence-corrected chi connectivity index (χ3v) is 1.98. The summed E-state index contributed by atoms with van der Waals surface area (Å²) in [5.74, 6) is 0. The van der Waals surface area contributed by atoms with E-state index in [9.17, 15) is 5.11 Å². The zero-order valence-electron chi connectivity index (χ0n) is 8.66. The fourth-order valence-corrected chi connectivity index (χ4v) is 1.47. The number of nitrogens with zero attached hydrogens (tertiary/aromatic N) is 2. The second-order valence-electron chi connectivity index (χ2n) is 4.01. The first-order valence-corrected chi connectivity index (χ1v) is 4.81. The van der Waals surface area contributed by atoms with E-state index >= 15 is 0 Å². The molecule has 4 heteroatoms. The third-order valence-electron chi connectivity index (χ3n) is 1.78. The molecule has 1 heterocycles. The summed E-state index contributed by atoms with van der Waals surface area (Å²) < 4.78 is 0. The lowest BCUT2D eigenvalue weighted by atomic mass is 10.1. The van der Waals surface area contributed by atoms with Gasteiger partial charge in [-0.25, -0.2) is 4.98 Å². The minimum absolute atomic E-state index is 0.463. The summed E-state index contributed by atoms with van der Waals surface area (Å²) >= 11 is 5.76. The normalized spacial score (nSPS) is 11.5. The molecule has 1 rings (SSSR count). The van der Waals surface area contributed by atoms with E-state index in [-0.39, 0.29) is 0 Å². The molecule has 0 fully saturated rings. The van der Waals surface area contributed by atoms with Crippen molar-refractivity contribution in [3.05, 3.63) is 23.5 Å². The number of halogens is 1. The van der Waals surface area contributed by atoms with Crippen LogP contribution in [0.1, 0.15) is 13.8 Å². The van der Waals surface area contributed by atoms with E-state index in [0.29, 0.717) is 11.7 Å². The average Bonchev–Trinajstić information content (AvgIpc) is 2.01. The first-order valence-electron chi connectivity index (χ1n) is 4.43. The molecule has 78 valence electrons. The molecule has 0 aromatic carbocycles. The number of anilines is 1. The maximum absolute atomic E-state index is 9.63. The van der Waals surface area contributed by atoms with Crippen LogP contribution in [0.15, 0.2) is 18.3 Å². The molecule has 1 aromatic rings. The number of pyridine rings is 1. The largest absolute Gasteiger partial charge is 0.389 e. The van der Waals surface area contributed by atoms with Gasteiger partial charge in [-0.05, 0) is 26.0 Å². The van der Waals surface area contributed by atoms with Crippen molar-refractivity contribution >= 4 is 17.3 Å². The quantitative estimate of drug-likeness (QED) is 0.782. The Labute approximate surface area is 89.3 Å². The van der Waals surface area contributed by atoms with Gasteiger partial charge in [0.2, 0.25) is 0 Å². The van der Waals surface area contributed by atoms with E-state index in [1.165, 1.54) is 0 Å². The van der Waals surface area contributed by atoms with Gasteiger partial charge in [-0.1, -0.05) is 11.6 Å². The summed E-state index contributed by atoms with van der Waals surface area (Å²) in [7, 11) is 1.91. The molecule has 1 N–H and O–H groups in total. The van der Waals surface area contributed by atoms with E-state index in [4.69, 9.17) is 11.6 Å². The Bertz CT molecular complexity index is 309. The highest BCUT2D eigenvalue weighted by molar-refractivity contribution is 6.29. The predicted molar refractivity (Wildman–Crippen MR) is 58.8 cm³/mol. The summed E-state index contributed by atoms with van der Waals surface area (Å²) in [5, 5.41) is 10.1. The van der Waals surface area contributed by atoms with E-state index in [1.807, 2.05) is 18.0 Å². The van der Waals surface area contributed by atoms with Crippen LogP contribution >= 0.6 is 11.6 Å². The monoisotopic (exact) mass is 214 g/mol. The number of likely N-dealkylation sites (N-methyl/N-ethyl adjacent to an activating group) is 1. The lowest BCUT2D eigenvalue weighted by molar-refractivity contribution is 0.0886. The fraction of sp³-hybridized carbons (Fsp3) is 0.500. The van der Waals surface area contributed by atoms with Crippen LogP contribution in [0, 0.1) is 0 Å². The summed E-state index contributed by atoms with van der Waals surface area (Å²) in [6.45, 7) is 4.09. The van der Waals surface area contributed by atoms with Crippen LogP contribution < -0.4 is 4.90 Å². The minimum Gasteiger partial charge on any atom is -0.389 e. The molecule has 1 aromatic heterocycles. The van der Waals surface area contributed by atoms with Gasteiger partial charge >= 0.3 is 0 Å². The maximum atomic E-state index is 9.63. The molecule has 14 heavy (non-hydrogen) atoms. The van der Waals surface area contributed by atoms with Crippen LogP contribution in [0.4, 0.5) is 5.69 Å².